The molecule has 0 fully saturated rings. The molecular formula is C49H34N2OS2. The molecule has 0 amide bonds. The van der Waals surface area contributed by atoms with Gasteiger partial charge in [-0.15, -0.1) is 22.7 Å². The minimum Gasteiger partial charge on any atom is -0.456 e. The molecule has 12 rings (SSSR count). The summed E-state index contributed by atoms with van der Waals surface area (Å²) in [6.45, 7) is 4.81. The summed E-state index contributed by atoms with van der Waals surface area (Å²) >= 11 is 3.82. The highest BCUT2D eigenvalue weighted by Crippen LogP contribution is 2.54. The molecule has 0 aliphatic heterocycles. The molecule has 0 N–H and O–H groups in total. The number of nitrogens with zero attached hydrogens (tertiary/aromatic N) is 2. The van der Waals surface area contributed by atoms with Crippen molar-refractivity contribution in [3.8, 4) is 5.69 Å². The summed E-state index contributed by atoms with van der Waals surface area (Å²) in [4.78, 5) is 2.40. The van der Waals surface area contributed by atoms with Gasteiger partial charge in [-0.25, -0.2) is 0 Å². The number of allylic oxidation sites excluding steroid dienone is 4. The number of fused-ring (bicyclic) bond motifs is 13. The first kappa shape index (κ1) is 30.6. The molecule has 0 saturated carbocycles. The van der Waals surface area contributed by atoms with Crippen LogP contribution < -0.4 is 4.90 Å². The largest absolute Gasteiger partial charge is 0.456 e. The highest BCUT2D eigenvalue weighted by Gasteiger charge is 2.44. The maximum absolute atomic E-state index is 6.45. The Bertz CT molecular complexity index is 3130. The summed E-state index contributed by atoms with van der Waals surface area (Å²) in [6.07, 6.45) is 9.21. The second-order valence-corrected chi connectivity index (χ2v) is 17.4. The van der Waals surface area contributed by atoms with E-state index >= 15 is 0 Å². The first-order chi connectivity index (χ1) is 26.5. The predicted octanol–water partition coefficient (Wildman–Crippen LogP) is 14.7. The van der Waals surface area contributed by atoms with Crippen LogP contribution in [-0.2, 0) is 5.41 Å². The summed E-state index contributed by atoms with van der Waals surface area (Å²) in [5, 5.41) is 4.89. The summed E-state index contributed by atoms with van der Waals surface area (Å²) in [7, 11) is 0. The van der Waals surface area contributed by atoms with Crippen molar-refractivity contribution in [3.05, 3.63) is 169 Å². The Morgan fingerprint density at radius 3 is 1.91 bits per heavy atom. The molecule has 5 heteroatoms. The van der Waals surface area contributed by atoms with Crippen LogP contribution in [0.3, 0.4) is 0 Å². The van der Waals surface area contributed by atoms with E-state index in [-0.39, 0.29) is 5.41 Å². The zero-order chi connectivity index (χ0) is 35.7. The second-order valence-electron chi connectivity index (χ2n) is 15.3. The number of hydrogen-bond acceptors (Lipinski definition) is 4. The lowest BCUT2D eigenvalue weighted by Gasteiger charge is -2.30. The monoisotopic (exact) mass is 730 g/mol. The Morgan fingerprint density at radius 2 is 1.17 bits per heavy atom. The Balaban J connectivity index is 1.06. The van der Waals surface area contributed by atoms with Crippen molar-refractivity contribution in [2.45, 2.75) is 25.2 Å². The van der Waals surface area contributed by atoms with Gasteiger partial charge >= 0.3 is 0 Å². The van der Waals surface area contributed by atoms with Crippen molar-refractivity contribution in [2.24, 2.45) is 5.92 Å². The molecule has 0 radical (unpaired) electrons. The van der Waals surface area contributed by atoms with Crippen LogP contribution in [0.2, 0.25) is 0 Å². The van der Waals surface area contributed by atoms with Gasteiger partial charge in [0.2, 0.25) is 0 Å². The van der Waals surface area contributed by atoms with Gasteiger partial charge in [-0.3, -0.25) is 0 Å². The normalized spacial score (nSPS) is 17.4. The Labute approximate surface area is 320 Å². The van der Waals surface area contributed by atoms with Gasteiger partial charge in [-0.2, -0.15) is 0 Å². The molecule has 6 aromatic carbocycles. The molecule has 0 saturated heterocycles. The highest BCUT2D eigenvalue weighted by molar-refractivity contribution is 7.33. The fraction of sp³-hybridized carbons (Fsp3) is 0.102. The molecule has 258 valence electrons. The average Bonchev–Trinajstić information content (AvgIpc) is 3.99. The zero-order valence-electron chi connectivity index (χ0n) is 29.8. The third-order valence-electron chi connectivity index (χ3n) is 12.1. The van der Waals surface area contributed by atoms with Gasteiger partial charge in [-0.1, -0.05) is 98.8 Å². The van der Waals surface area contributed by atoms with Crippen LogP contribution in [0, 0.1) is 5.92 Å². The number of hydrogen-bond donors (Lipinski definition) is 0. The Kier molecular flexibility index (Phi) is 6.27. The van der Waals surface area contributed by atoms with Crippen LogP contribution in [0.15, 0.2) is 162 Å². The lowest BCUT2D eigenvalue weighted by Crippen LogP contribution is -2.24. The highest BCUT2D eigenvalue weighted by atomic mass is 32.1. The number of para-hydroxylation sites is 1. The molecule has 10 aromatic rings. The zero-order valence-corrected chi connectivity index (χ0v) is 31.4. The molecule has 4 aromatic heterocycles. The van der Waals surface area contributed by atoms with Gasteiger partial charge in [0.15, 0.2) is 0 Å². The fourth-order valence-electron chi connectivity index (χ4n) is 9.54. The van der Waals surface area contributed by atoms with E-state index in [1.807, 2.05) is 28.7 Å². The summed E-state index contributed by atoms with van der Waals surface area (Å²) < 4.78 is 14.3. The first-order valence-corrected chi connectivity index (χ1v) is 20.3. The number of aromatic nitrogens is 1. The smallest absolute Gasteiger partial charge is 0.137 e. The van der Waals surface area contributed by atoms with Gasteiger partial charge in [0.25, 0.3) is 0 Å². The van der Waals surface area contributed by atoms with E-state index in [9.17, 15) is 0 Å². The van der Waals surface area contributed by atoms with Crippen molar-refractivity contribution >= 4 is 102 Å². The van der Waals surface area contributed by atoms with E-state index in [1.54, 1.807) is 0 Å². The van der Waals surface area contributed by atoms with E-state index < -0.39 is 0 Å². The molecule has 3 nitrogen and oxygen atoms in total. The van der Waals surface area contributed by atoms with Crippen LogP contribution in [0.25, 0.3) is 68.2 Å². The van der Waals surface area contributed by atoms with Crippen LogP contribution in [0.5, 0.6) is 0 Å². The van der Waals surface area contributed by atoms with Gasteiger partial charge in [-0.05, 0) is 89.2 Å². The van der Waals surface area contributed by atoms with Crippen molar-refractivity contribution in [2.75, 3.05) is 4.90 Å². The topological polar surface area (TPSA) is 21.3 Å². The third-order valence-corrected chi connectivity index (χ3v) is 14.6. The minimum absolute atomic E-state index is 0.00722. The number of rotatable bonds is 4. The van der Waals surface area contributed by atoms with Gasteiger partial charge in [0.1, 0.15) is 11.2 Å². The second kappa shape index (κ2) is 11.1. The third kappa shape index (κ3) is 4.17. The van der Waals surface area contributed by atoms with Crippen LogP contribution in [-0.4, -0.2) is 4.57 Å². The minimum atomic E-state index is 0.00722. The van der Waals surface area contributed by atoms with Gasteiger partial charge in [0, 0.05) is 65.7 Å². The molecular weight excluding hydrogens is 697 g/mol. The summed E-state index contributed by atoms with van der Waals surface area (Å²) in [6, 6.07) is 49.0. The predicted molar refractivity (Wildman–Crippen MR) is 231 cm³/mol. The van der Waals surface area contributed by atoms with Crippen molar-refractivity contribution in [3.63, 3.8) is 0 Å². The molecule has 2 unspecified atom stereocenters. The fourth-order valence-corrected chi connectivity index (χ4v) is 12.0. The SMILES string of the molecule is CC1(C)c2cc(N(c3ccc(-n4c5c6ccccc6sc5c5sc6ccccc6c54)cc3)c3ccc4c(c3)oc3ccccc34)ccc2C2C=CC=CC21. The first-order valence-electron chi connectivity index (χ1n) is 18.7. The number of thiophene rings is 2. The maximum atomic E-state index is 6.45. The van der Waals surface area contributed by atoms with Gasteiger partial charge in [0.05, 0.1) is 20.4 Å². The maximum Gasteiger partial charge on any atom is 0.137 e. The molecule has 2 aliphatic carbocycles. The number of benzene rings is 6. The summed E-state index contributed by atoms with van der Waals surface area (Å²) in [5.74, 6) is 0.856. The van der Waals surface area contributed by atoms with Crippen LogP contribution in [0.1, 0.15) is 30.9 Å². The molecule has 0 bridgehead atoms. The number of furan rings is 1. The van der Waals surface area contributed by atoms with E-state index in [0.29, 0.717) is 11.8 Å². The Morgan fingerprint density at radius 1 is 0.574 bits per heavy atom. The van der Waals surface area contributed by atoms with E-state index in [4.69, 9.17) is 4.42 Å². The van der Waals surface area contributed by atoms with Crippen LogP contribution >= 0.6 is 22.7 Å². The van der Waals surface area contributed by atoms with E-state index in [2.05, 4.69) is 175 Å². The lowest BCUT2D eigenvalue weighted by atomic mass is 9.74. The quantitative estimate of drug-likeness (QED) is 0.180. The molecule has 2 atom stereocenters. The van der Waals surface area contributed by atoms with Crippen molar-refractivity contribution < 1.29 is 4.42 Å². The molecule has 2 aliphatic rings. The summed E-state index contributed by atoms with van der Waals surface area (Å²) in [5.41, 5.74) is 11.7. The molecule has 4 heterocycles. The van der Waals surface area contributed by atoms with E-state index in [0.717, 1.165) is 44.7 Å². The van der Waals surface area contributed by atoms with Crippen molar-refractivity contribution in [1.82, 2.24) is 4.57 Å². The van der Waals surface area contributed by atoms with Crippen molar-refractivity contribution in [1.29, 1.82) is 0 Å². The average molecular weight is 731 g/mol. The molecule has 54 heavy (non-hydrogen) atoms. The standard InChI is InChI=1S/C49H34N2OS2/c1-49(2)39-15-7-3-11-33(39)34-25-23-31(27-40(34)49)50(32-24-26-36-35-12-4-8-16-41(35)52-42(36)28-32)29-19-21-30(22-20-29)51-45-37-13-5-9-17-43(37)53-47(45)48-46(51)38-14-6-10-18-44(38)54-48/h3-28,33,39H,1-2H3. The number of anilines is 3. The lowest BCUT2D eigenvalue weighted by molar-refractivity contribution is 0.394. The Hall–Kier alpha value is -5.88. The van der Waals surface area contributed by atoms with Crippen LogP contribution in [0.4, 0.5) is 17.1 Å². The molecule has 0 spiro atoms. The van der Waals surface area contributed by atoms with Gasteiger partial charge < -0.3 is 13.9 Å². The van der Waals surface area contributed by atoms with E-state index in [1.165, 1.54) is 51.7 Å².